The minimum Gasteiger partial charge on any atom is -0.367 e. The quantitative estimate of drug-likeness (QED) is 0.583. The van der Waals surface area contributed by atoms with Gasteiger partial charge in [-0.05, 0) is 24.3 Å². The molecule has 138 valence electrons. The van der Waals surface area contributed by atoms with Gasteiger partial charge in [-0.15, -0.1) is 0 Å². The van der Waals surface area contributed by atoms with Gasteiger partial charge in [0.25, 0.3) is 5.69 Å². The molecule has 0 saturated carbocycles. The molecule has 0 amide bonds. The van der Waals surface area contributed by atoms with E-state index < -0.39 is 25.5 Å². The average Bonchev–Trinajstić information content (AvgIpc) is 2.62. The minimum atomic E-state index is -4.06. The number of nitro groups is 1. The predicted octanol–water partition coefficient (Wildman–Crippen LogP) is 2.90. The van der Waals surface area contributed by atoms with Crippen molar-refractivity contribution in [3.8, 4) is 0 Å². The van der Waals surface area contributed by atoms with Crippen molar-refractivity contribution >= 4 is 33.0 Å². The van der Waals surface area contributed by atoms with E-state index in [0.29, 0.717) is 5.69 Å². The van der Waals surface area contributed by atoms with Gasteiger partial charge < -0.3 is 4.90 Å². The number of piperazine rings is 1. The molecule has 0 spiro atoms. The Bertz CT molecular complexity index is 946. The lowest BCUT2D eigenvalue weighted by atomic mass is 10.2. The molecule has 1 saturated heterocycles. The van der Waals surface area contributed by atoms with Crippen molar-refractivity contribution in [3.63, 3.8) is 0 Å². The standard InChI is InChI=1S/C16H15ClFN3O4S/c17-12-5-6-16(15(11-12)21(22)23)26(24,25)20-9-7-19(8-10-20)14-4-2-1-3-13(14)18/h1-6,11H,7-10H2. The van der Waals surface area contributed by atoms with Crippen LogP contribution in [0.25, 0.3) is 0 Å². The number of hydrogen-bond acceptors (Lipinski definition) is 5. The highest BCUT2D eigenvalue weighted by Crippen LogP contribution is 2.30. The molecule has 0 aromatic heterocycles. The molecule has 7 nitrogen and oxygen atoms in total. The molecule has 0 N–H and O–H groups in total. The Kier molecular flexibility index (Phi) is 5.12. The lowest BCUT2D eigenvalue weighted by Gasteiger charge is -2.35. The van der Waals surface area contributed by atoms with Crippen molar-refractivity contribution in [3.05, 3.63) is 63.4 Å². The number of rotatable bonds is 4. The molecule has 1 heterocycles. The number of sulfonamides is 1. The molecule has 0 radical (unpaired) electrons. The van der Waals surface area contributed by atoms with Crippen LogP contribution in [-0.4, -0.2) is 43.8 Å². The van der Waals surface area contributed by atoms with Crippen LogP contribution in [0.5, 0.6) is 0 Å². The maximum Gasteiger partial charge on any atom is 0.290 e. The number of nitro benzene ring substituents is 1. The largest absolute Gasteiger partial charge is 0.367 e. The van der Waals surface area contributed by atoms with Gasteiger partial charge in [0.05, 0.1) is 10.6 Å². The molecule has 2 aromatic carbocycles. The highest BCUT2D eigenvalue weighted by Gasteiger charge is 2.34. The van der Waals surface area contributed by atoms with Crippen LogP contribution >= 0.6 is 11.6 Å². The molecule has 3 rings (SSSR count). The number of hydrogen-bond donors (Lipinski definition) is 0. The maximum atomic E-state index is 13.9. The second-order valence-corrected chi connectivity index (χ2v) is 8.05. The van der Waals surface area contributed by atoms with Crippen molar-refractivity contribution < 1.29 is 17.7 Å². The third-order valence-electron chi connectivity index (χ3n) is 4.17. The Morgan fingerprint density at radius 3 is 2.35 bits per heavy atom. The first-order chi connectivity index (χ1) is 12.3. The van der Waals surface area contributed by atoms with Gasteiger partial charge in [-0.2, -0.15) is 4.31 Å². The summed E-state index contributed by atoms with van der Waals surface area (Å²) in [6, 6.07) is 9.72. The van der Waals surface area contributed by atoms with E-state index in [4.69, 9.17) is 11.6 Å². The first-order valence-corrected chi connectivity index (χ1v) is 9.56. The van der Waals surface area contributed by atoms with Gasteiger partial charge in [-0.1, -0.05) is 23.7 Å². The van der Waals surface area contributed by atoms with Gasteiger partial charge >= 0.3 is 0 Å². The summed E-state index contributed by atoms with van der Waals surface area (Å²) in [6.45, 7) is 0.746. The SMILES string of the molecule is O=[N+]([O-])c1cc(Cl)ccc1S(=O)(=O)N1CCN(c2ccccc2F)CC1. The normalized spacial score (nSPS) is 15.8. The Balaban J connectivity index is 1.83. The number of nitrogens with zero attached hydrogens (tertiary/aromatic N) is 3. The van der Waals surface area contributed by atoms with E-state index in [1.54, 1.807) is 23.1 Å². The number of anilines is 1. The predicted molar refractivity (Wildman–Crippen MR) is 95.5 cm³/mol. The van der Waals surface area contributed by atoms with Crippen LogP contribution in [0.2, 0.25) is 5.02 Å². The molecule has 1 aliphatic rings. The van der Waals surface area contributed by atoms with Crippen LogP contribution in [0.15, 0.2) is 47.4 Å². The van der Waals surface area contributed by atoms with Crippen molar-refractivity contribution in [1.82, 2.24) is 4.31 Å². The van der Waals surface area contributed by atoms with Crippen LogP contribution in [0.1, 0.15) is 0 Å². The summed E-state index contributed by atoms with van der Waals surface area (Å²) in [4.78, 5) is 11.8. The molecule has 0 atom stereocenters. The van der Waals surface area contributed by atoms with Crippen LogP contribution in [0.4, 0.5) is 15.8 Å². The van der Waals surface area contributed by atoms with Crippen molar-refractivity contribution in [1.29, 1.82) is 0 Å². The Morgan fingerprint density at radius 1 is 1.08 bits per heavy atom. The zero-order valence-electron chi connectivity index (χ0n) is 13.5. The average molecular weight is 400 g/mol. The molecule has 1 aliphatic heterocycles. The van der Waals surface area contributed by atoms with E-state index in [1.807, 2.05) is 0 Å². The van der Waals surface area contributed by atoms with E-state index in [0.717, 1.165) is 12.1 Å². The van der Waals surface area contributed by atoms with Crippen molar-refractivity contribution in [2.24, 2.45) is 0 Å². The zero-order valence-corrected chi connectivity index (χ0v) is 15.1. The van der Waals surface area contributed by atoms with Gasteiger partial charge in [0.1, 0.15) is 5.82 Å². The number of halogens is 2. The Labute approximate surface area is 154 Å². The van der Waals surface area contributed by atoms with E-state index >= 15 is 0 Å². The Morgan fingerprint density at radius 2 is 1.73 bits per heavy atom. The van der Waals surface area contributed by atoms with Crippen LogP contribution in [-0.2, 0) is 10.0 Å². The summed E-state index contributed by atoms with van der Waals surface area (Å²) in [5, 5.41) is 11.3. The fourth-order valence-electron chi connectivity index (χ4n) is 2.87. The molecule has 2 aromatic rings. The summed E-state index contributed by atoms with van der Waals surface area (Å²) in [5.74, 6) is -0.378. The van der Waals surface area contributed by atoms with E-state index in [-0.39, 0.29) is 37.0 Å². The van der Waals surface area contributed by atoms with Gasteiger partial charge in [0.15, 0.2) is 4.90 Å². The lowest BCUT2D eigenvalue weighted by molar-refractivity contribution is -0.387. The Hall–Kier alpha value is -2.23. The zero-order chi connectivity index (χ0) is 18.9. The summed E-state index contributed by atoms with van der Waals surface area (Å²) >= 11 is 5.74. The van der Waals surface area contributed by atoms with Crippen LogP contribution in [0.3, 0.4) is 0 Å². The molecule has 1 fully saturated rings. The maximum absolute atomic E-state index is 13.9. The highest BCUT2D eigenvalue weighted by atomic mass is 35.5. The molecule has 10 heteroatoms. The molecule has 26 heavy (non-hydrogen) atoms. The second kappa shape index (κ2) is 7.18. The highest BCUT2D eigenvalue weighted by molar-refractivity contribution is 7.89. The molecular weight excluding hydrogens is 385 g/mol. The minimum absolute atomic E-state index is 0.0834. The summed E-state index contributed by atoms with van der Waals surface area (Å²) in [7, 11) is -4.06. The fourth-order valence-corrected chi connectivity index (χ4v) is 4.59. The third kappa shape index (κ3) is 3.50. The van der Waals surface area contributed by atoms with E-state index in [2.05, 4.69) is 0 Å². The number of para-hydroxylation sites is 1. The monoisotopic (exact) mass is 399 g/mol. The third-order valence-corrected chi connectivity index (χ3v) is 6.35. The topological polar surface area (TPSA) is 83.8 Å². The molecule has 0 bridgehead atoms. The molecule has 0 unspecified atom stereocenters. The van der Waals surface area contributed by atoms with E-state index in [9.17, 15) is 22.9 Å². The smallest absolute Gasteiger partial charge is 0.290 e. The van der Waals surface area contributed by atoms with Gasteiger partial charge in [0, 0.05) is 37.3 Å². The summed E-state index contributed by atoms with van der Waals surface area (Å²) < 4.78 is 40.7. The van der Waals surface area contributed by atoms with E-state index in [1.165, 1.54) is 16.4 Å². The van der Waals surface area contributed by atoms with Crippen LogP contribution in [0, 0.1) is 15.9 Å². The van der Waals surface area contributed by atoms with Crippen molar-refractivity contribution in [2.75, 3.05) is 31.1 Å². The van der Waals surface area contributed by atoms with Crippen LogP contribution < -0.4 is 4.90 Å². The first kappa shape index (κ1) is 18.6. The number of benzene rings is 2. The first-order valence-electron chi connectivity index (χ1n) is 7.74. The second-order valence-electron chi connectivity index (χ2n) is 5.71. The molecule has 0 aliphatic carbocycles. The van der Waals surface area contributed by atoms with Gasteiger partial charge in [0.2, 0.25) is 10.0 Å². The van der Waals surface area contributed by atoms with Crippen molar-refractivity contribution in [2.45, 2.75) is 4.90 Å². The van der Waals surface area contributed by atoms with Gasteiger partial charge in [-0.25, -0.2) is 12.8 Å². The molecular formula is C16H15ClFN3O4S. The summed E-state index contributed by atoms with van der Waals surface area (Å²) in [6.07, 6.45) is 0. The fraction of sp³-hybridized carbons (Fsp3) is 0.250. The lowest BCUT2D eigenvalue weighted by Crippen LogP contribution is -2.49. The summed E-state index contributed by atoms with van der Waals surface area (Å²) in [5.41, 5.74) is -0.156. The van der Waals surface area contributed by atoms with Gasteiger partial charge in [-0.3, -0.25) is 10.1 Å².